The number of nitrogens with one attached hydrogen (secondary N) is 1. The summed E-state index contributed by atoms with van der Waals surface area (Å²) < 4.78 is 7.01. The molecule has 10 nitrogen and oxygen atoms in total. The van der Waals surface area contributed by atoms with Crippen LogP contribution in [-0.2, 0) is 11.3 Å². The Hall–Kier alpha value is -3.27. The monoisotopic (exact) mass is 413 g/mol. The van der Waals surface area contributed by atoms with Crippen molar-refractivity contribution < 1.29 is 14.6 Å². The molecular formula is C20H27N7O3. The van der Waals surface area contributed by atoms with E-state index in [2.05, 4.69) is 32.3 Å². The summed E-state index contributed by atoms with van der Waals surface area (Å²) in [6, 6.07) is 3.79. The van der Waals surface area contributed by atoms with Crippen molar-refractivity contribution in [3.8, 4) is 0 Å². The number of pyridine rings is 1. The van der Waals surface area contributed by atoms with Crippen molar-refractivity contribution in [1.82, 2.24) is 24.7 Å². The molecule has 3 rings (SSSR count). The zero-order valence-corrected chi connectivity index (χ0v) is 17.7. The number of ether oxygens (including phenoxy) is 1. The summed E-state index contributed by atoms with van der Waals surface area (Å²) in [5.41, 5.74) is 1.71. The average Bonchev–Trinajstić information content (AvgIpc) is 3.08. The molecule has 0 atom stereocenters. The van der Waals surface area contributed by atoms with Crippen LogP contribution in [0.25, 0.3) is 11.0 Å². The molecule has 3 aromatic heterocycles. The van der Waals surface area contributed by atoms with Crippen LogP contribution in [-0.4, -0.2) is 62.6 Å². The standard InChI is InChI=1S/C20H27N7O3/c1-5-9-26(4)20-23-15-16(19(28)29)25-27(10-11-30-6-2)17(15)18(24-20)22-14-12-13(3)7-8-21-14/h7-8,12H,5-6,9-11H2,1-4H3,(H,28,29)(H,21,22,23,24). The van der Waals surface area contributed by atoms with Crippen LogP contribution >= 0.6 is 0 Å². The molecule has 0 aliphatic heterocycles. The second kappa shape index (κ2) is 9.49. The van der Waals surface area contributed by atoms with Crippen molar-refractivity contribution in [2.24, 2.45) is 0 Å². The average molecular weight is 413 g/mol. The minimum absolute atomic E-state index is 0.115. The molecule has 3 heterocycles. The SMILES string of the molecule is CCCN(C)c1nc(Nc2cc(C)ccn2)c2c(n1)c(C(=O)O)nn2CCOCC. The highest BCUT2D eigenvalue weighted by Gasteiger charge is 2.24. The summed E-state index contributed by atoms with van der Waals surface area (Å²) in [4.78, 5) is 27.3. The summed E-state index contributed by atoms with van der Waals surface area (Å²) in [6.45, 7) is 7.99. The maximum atomic E-state index is 11.9. The molecule has 0 amide bonds. The van der Waals surface area contributed by atoms with Gasteiger partial charge in [0.1, 0.15) is 16.9 Å². The molecule has 0 radical (unpaired) electrons. The van der Waals surface area contributed by atoms with Gasteiger partial charge in [-0.3, -0.25) is 4.68 Å². The Kier molecular flexibility index (Phi) is 6.78. The molecule has 3 aromatic rings. The number of nitrogens with zero attached hydrogens (tertiary/aromatic N) is 6. The van der Waals surface area contributed by atoms with Gasteiger partial charge in [-0.05, 0) is 38.0 Å². The maximum absolute atomic E-state index is 11.9. The number of carboxylic acids is 1. The summed E-state index contributed by atoms with van der Waals surface area (Å²) in [5, 5.41) is 17.2. The van der Waals surface area contributed by atoms with Crippen molar-refractivity contribution in [3.63, 3.8) is 0 Å². The van der Waals surface area contributed by atoms with Crippen LogP contribution in [0.5, 0.6) is 0 Å². The van der Waals surface area contributed by atoms with Crippen molar-refractivity contribution in [1.29, 1.82) is 0 Å². The Morgan fingerprint density at radius 2 is 2.13 bits per heavy atom. The Bertz CT molecular complexity index is 1030. The number of aryl methyl sites for hydroxylation is 1. The molecule has 0 saturated heterocycles. The second-order valence-electron chi connectivity index (χ2n) is 6.91. The number of aromatic carboxylic acids is 1. The lowest BCUT2D eigenvalue weighted by atomic mass is 10.3. The van der Waals surface area contributed by atoms with Crippen molar-refractivity contribution in [2.45, 2.75) is 33.7 Å². The number of hydrogen-bond acceptors (Lipinski definition) is 8. The molecule has 0 aromatic carbocycles. The number of fused-ring (bicyclic) bond motifs is 1. The smallest absolute Gasteiger partial charge is 0.358 e. The van der Waals surface area contributed by atoms with Gasteiger partial charge in [-0.2, -0.15) is 10.1 Å². The van der Waals surface area contributed by atoms with E-state index in [9.17, 15) is 9.90 Å². The molecule has 160 valence electrons. The topological polar surface area (TPSA) is 118 Å². The predicted molar refractivity (Wildman–Crippen MR) is 115 cm³/mol. The summed E-state index contributed by atoms with van der Waals surface area (Å²) in [5.74, 6) is 0.338. The van der Waals surface area contributed by atoms with E-state index in [-0.39, 0.29) is 11.2 Å². The van der Waals surface area contributed by atoms with E-state index in [1.165, 1.54) is 0 Å². The molecule has 10 heteroatoms. The van der Waals surface area contributed by atoms with Gasteiger partial charge in [-0.1, -0.05) is 6.92 Å². The number of aromatic nitrogens is 5. The Labute approximate surface area is 174 Å². The number of carbonyl (C=O) groups is 1. The van der Waals surface area contributed by atoms with E-state index in [0.29, 0.717) is 42.9 Å². The first-order chi connectivity index (χ1) is 14.4. The van der Waals surface area contributed by atoms with Gasteiger partial charge < -0.3 is 20.1 Å². The van der Waals surface area contributed by atoms with E-state index in [1.807, 2.05) is 37.9 Å². The summed E-state index contributed by atoms with van der Waals surface area (Å²) in [6.07, 6.45) is 2.61. The molecule has 0 aliphatic rings. The van der Waals surface area contributed by atoms with E-state index in [4.69, 9.17) is 4.74 Å². The third kappa shape index (κ3) is 4.65. The summed E-state index contributed by atoms with van der Waals surface area (Å²) in [7, 11) is 1.87. The summed E-state index contributed by atoms with van der Waals surface area (Å²) >= 11 is 0. The maximum Gasteiger partial charge on any atom is 0.358 e. The largest absolute Gasteiger partial charge is 0.476 e. The van der Waals surface area contributed by atoms with Crippen LogP contribution in [0.1, 0.15) is 36.3 Å². The first-order valence-corrected chi connectivity index (χ1v) is 9.95. The van der Waals surface area contributed by atoms with Gasteiger partial charge in [0.05, 0.1) is 13.2 Å². The van der Waals surface area contributed by atoms with Crippen molar-refractivity contribution in [2.75, 3.05) is 37.0 Å². The van der Waals surface area contributed by atoms with Crippen LogP contribution < -0.4 is 10.2 Å². The first kappa shape index (κ1) is 21.4. The van der Waals surface area contributed by atoms with E-state index >= 15 is 0 Å². The second-order valence-corrected chi connectivity index (χ2v) is 6.91. The van der Waals surface area contributed by atoms with Crippen LogP contribution in [0.2, 0.25) is 0 Å². The Balaban J connectivity index is 2.18. The quantitative estimate of drug-likeness (QED) is 0.484. The molecule has 0 unspecified atom stereocenters. The third-order valence-electron chi connectivity index (χ3n) is 4.49. The molecule has 0 fully saturated rings. The zero-order chi connectivity index (χ0) is 21.7. The van der Waals surface area contributed by atoms with Crippen molar-refractivity contribution in [3.05, 3.63) is 29.6 Å². The molecule has 2 N–H and O–H groups in total. The third-order valence-corrected chi connectivity index (χ3v) is 4.49. The van der Waals surface area contributed by atoms with Gasteiger partial charge in [0, 0.05) is 26.4 Å². The highest BCUT2D eigenvalue weighted by Crippen LogP contribution is 2.28. The van der Waals surface area contributed by atoms with Gasteiger partial charge in [0.25, 0.3) is 0 Å². The minimum atomic E-state index is -1.14. The Morgan fingerprint density at radius 3 is 2.80 bits per heavy atom. The van der Waals surface area contributed by atoms with Gasteiger partial charge in [-0.25, -0.2) is 14.8 Å². The van der Waals surface area contributed by atoms with Gasteiger partial charge in [0.15, 0.2) is 11.5 Å². The van der Waals surface area contributed by atoms with Gasteiger partial charge in [0.2, 0.25) is 5.95 Å². The number of hydrogen-bond donors (Lipinski definition) is 2. The fourth-order valence-electron chi connectivity index (χ4n) is 3.09. The lowest BCUT2D eigenvalue weighted by molar-refractivity contribution is 0.0690. The van der Waals surface area contributed by atoms with Crippen LogP contribution in [0, 0.1) is 6.92 Å². The van der Waals surface area contributed by atoms with E-state index in [0.717, 1.165) is 18.5 Å². The fourth-order valence-corrected chi connectivity index (χ4v) is 3.09. The van der Waals surface area contributed by atoms with Crippen LogP contribution in [0.4, 0.5) is 17.6 Å². The molecule has 0 saturated carbocycles. The molecule has 0 bridgehead atoms. The highest BCUT2D eigenvalue weighted by molar-refractivity contribution is 6.03. The highest BCUT2D eigenvalue weighted by atomic mass is 16.5. The van der Waals surface area contributed by atoms with Crippen molar-refractivity contribution >= 4 is 34.6 Å². The van der Waals surface area contributed by atoms with E-state index in [1.54, 1.807) is 10.9 Å². The minimum Gasteiger partial charge on any atom is -0.476 e. The van der Waals surface area contributed by atoms with Crippen LogP contribution in [0.15, 0.2) is 18.3 Å². The van der Waals surface area contributed by atoms with Gasteiger partial charge in [-0.15, -0.1) is 0 Å². The predicted octanol–water partition coefficient (Wildman–Crippen LogP) is 2.85. The fraction of sp³-hybridized carbons (Fsp3) is 0.450. The molecule has 30 heavy (non-hydrogen) atoms. The molecule has 0 spiro atoms. The number of anilines is 3. The molecular weight excluding hydrogens is 386 g/mol. The number of rotatable bonds is 10. The van der Waals surface area contributed by atoms with E-state index < -0.39 is 5.97 Å². The lowest BCUT2D eigenvalue weighted by Gasteiger charge is -2.18. The lowest BCUT2D eigenvalue weighted by Crippen LogP contribution is -2.21. The number of carboxylic acid groups (broad SMARTS) is 1. The van der Waals surface area contributed by atoms with Gasteiger partial charge >= 0.3 is 5.97 Å². The normalized spacial score (nSPS) is 11.1. The Morgan fingerprint density at radius 1 is 1.33 bits per heavy atom. The molecule has 0 aliphatic carbocycles. The van der Waals surface area contributed by atoms with Crippen LogP contribution in [0.3, 0.4) is 0 Å². The zero-order valence-electron chi connectivity index (χ0n) is 17.7. The first-order valence-electron chi connectivity index (χ1n) is 9.95.